The number of hydrogen-bond donors (Lipinski definition) is 0. The summed E-state index contributed by atoms with van der Waals surface area (Å²) in [6.07, 6.45) is 0. The number of ketones is 1. The van der Waals surface area contributed by atoms with Gasteiger partial charge in [0, 0.05) is 4.47 Å². The summed E-state index contributed by atoms with van der Waals surface area (Å²) in [5, 5.41) is 0.468. The van der Waals surface area contributed by atoms with E-state index in [2.05, 4.69) is 15.9 Å². The van der Waals surface area contributed by atoms with Crippen molar-refractivity contribution >= 4 is 56.3 Å². The first-order valence-corrected chi connectivity index (χ1v) is 7.29. The van der Waals surface area contributed by atoms with Crippen LogP contribution in [-0.4, -0.2) is 12.4 Å². The Kier molecular flexibility index (Phi) is 4.67. The minimum Gasteiger partial charge on any atom is -0.484 e. The van der Waals surface area contributed by atoms with Crippen molar-refractivity contribution in [2.75, 3.05) is 6.61 Å². The average molecular weight is 366 g/mol. The van der Waals surface area contributed by atoms with E-state index in [0.29, 0.717) is 20.0 Å². The molecule has 2 aromatic rings. The molecule has 2 nitrogen and oxygen atoms in total. The summed E-state index contributed by atoms with van der Waals surface area (Å²) in [6, 6.07) is 8.59. The predicted octanol–water partition coefficient (Wildman–Crippen LogP) is 5.08. The van der Waals surface area contributed by atoms with Crippen LogP contribution in [0.4, 0.5) is 0 Å². The summed E-state index contributed by atoms with van der Waals surface area (Å²) in [7, 11) is 0. The third kappa shape index (κ3) is 3.48. The van der Waals surface area contributed by atoms with Crippen molar-refractivity contribution in [1.82, 2.24) is 0 Å². The highest BCUT2D eigenvalue weighted by molar-refractivity contribution is 9.10. The lowest BCUT2D eigenvalue weighted by atomic mass is 10.3. The number of carbonyl (C=O) groups excluding carboxylic acids is 1. The number of benzene rings is 1. The lowest BCUT2D eigenvalue weighted by molar-refractivity contribution is 0.0925. The molecule has 0 unspecified atom stereocenters. The van der Waals surface area contributed by atoms with Gasteiger partial charge < -0.3 is 4.74 Å². The molecule has 0 aliphatic carbocycles. The first-order chi connectivity index (χ1) is 8.56. The molecule has 0 aliphatic rings. The van der Waals surface area contributed by atoms with Crippen molar-refractivity contribution in [3.8, 4) is 5.75 Å². The molecule has 1 heterocycles. The van der Waals surface area contributed by atoms with Crippen LogP contribution in [0.1, 0.15) is 9.67 Å². The fourth-order valence-electron chi connectivity index (χ4n) is 1.27. The van der Waals surface area contributed by atoms with E-state index in [1.165, 1.54) is 11.3 Å². The van der Waals surface area contributed by atoms with Crippen molar-refractivity contribution < 1.29 is 9.53 Å². The fraction of sp³-hybridized carbons (Fsp3) is 0.0833. The quantitative estimate of drug-likeness (QED) is 0.706. The zero-order chi connectivity index (χ0) is 13.1. The minimum absolute atomic E-state index is 0.0625. The highest BCUT2D eigenvalue weighted by atomic mass is 79.9. The van der Waals surface area contributed by atoms with Gasteiger partial charge in [0.2, 0.25) is 5.78 Å². The van der Waals surface area contributed by atoms with Crippen LogP contribution < -0.4 is 4.74 Å². The van der Waals surface area contributed by atoms with Crippen LogP contribution in [-0.2, 0) is 0 Å². The summed E-state index contributed by atoms with van der Waals surface area (Å²) < 4.78 is 6.82. The Hall–Kier alpha value is -0.550. The van der Waals surface area contributed by atoms with Crippen LogP contribution in [0.3, 0.4) is 0 Å². The summed E-state index contributed by atoms with van der Waals surface area (Å²) in [4.78, 5) is 12.4. The maximum Gasteiger partial charge on any atom is 0.210 e. The number of rotatable bonds is 4. The second-order valence-electron chi connectivity index (χ2n) is 3.39. The van der Waals surface area contributed by atoms with E-state index < -0.39 is 0 Å². The maximum absolute atomic E-state index is 11.8. The number of hydrogen-bond acceptors (Lipinski definition) is 3. The zero-order valence-corrected chi connectivity index (χ0v) is 12.9. The Labute approximate surface area is 127 Å². The molecule has 0 spiro atoms. The van der Waals surface area contributed by atoms with Gasteiger partial charge >= 0.3 is 0 Å². The Morgan fingerprint density at radius 1 is 1.28 bits per heavy atom. The Bertz CT molecular complexity index is 583. The highest BCUT2D eigenvalue weighted by Gasteiger charge is 2.11. The van der Waals surface area contributed by atoms with Gasteiger partial charge in [0.25, 0.3) is 0 Å². The van der Waals surface area contributed by atoms with Crippen molar-refractivity contribution in [1.29, 1.82) is 0 Å². The first kappa shape index (κ1) is 13.9. The van der Waals surface area contributed by atoms with E-state index in [9.17, 15) is 4.79 Å². The van der Waals surface area contributed by atoms with Gasteiger partial charge in [-0.25, -0.2) is 0 Å². The molecule has 0 bridgehead atoms. The summed E-state index contributed by atoms with van der Waals surface area (Å²) in [5.74, 6) is 0.352. The van der Waals surface area contributed by atoms with Crippen LogP contribution in [0.25, 0.3) is 0 Å². The van der Waals surface area contributed by atoms with Crippen molar-refractivity contribution in [3.05, 3.63) is 49.0 Å². The molecular formula is C12H7BrCl2O2S. The average Bonchev–Trinajstić information content (AvgIpc) is 2.77. The molecular weight excluding hydrogens is 359 g/mol. The largest absolute Gasteiger partial charge is 0.484 e. The number of ether oxygens (including phenoxy) is 1. The number of thiophene rings is 1. The Morgan fingerprint density at radius 3 is 2.72 bits per heavy atom. The topological polar surface area (TPSA) is 26.3 Å². The summed E-state index contributed by atoms with van der Waals surface area (Å²) >= 11 is 16.3. The van der Waals surface area contributed by atoms with E-state index in [1.54, 1.807) is 30.3 Å². The molecule has 2 rings (SSSR count). The van der Waals surface area contributed by atoms with Gasteiger partial charge in [-0.3, -0.25) is 4.79 Å². The molecule has 6 heteroatoms. The molecule has 0 radical (unpaired) electrons. The van der Waals surface area contributed by atoms with Crippen molar-refractivity contribution in [2.24, 2.45) is 0 Å². The van der Waals surface area contributed by atoms with Crippen LogP contribution >= 0.6 is 50.5 Å². The summed E-state index contributed by atoms with van der Waals surface area (Å²) in [5.41, 5.74) is 0. The molecule has 1 aromatic heterocycles. The second kappa shape index (κ2) is 6.06. The van der Waals surface area contributed by atoms with Crippen molar-refractivity contribution in [2.45, 2.75) is 0 Å². The smallest absolute Gasteiger partial charge is 0.210 e. The van der Waals surface area contributed by atoms with E-state index >= 15 is 0 Å². The normalized spacial score (nSPS) is 10.4. The van der Waals surface area contributed by atoms with E-state index in [4.69, 9.17) is 27.9 Å². The van der Waals surface area contributed by atoms with Gasteiger partial charge in [-0.15, -0.1) is 11.3 Å². The molecule has 0 amide bonds. The van der Waals surface area contributed by atoms with Crippen LogP contribution in [0.2, 0.25) is 9.36 Å². The number of Topliss-reactive ketones (excluding diaryl/α,β-unsaturated/α-hetero) is 1. The Morgan fingerprint density at radius 2 is 2.06 bits per heavy atom. The molecule has 0 saturated heterocycles. The third-order valence-corrected chi connectivity index (χ3v) is 4.18. The molecule has 0 atom stereocenters. The molecule has 94 valence electrons. The first-order valence-electron chi connectivity index (χ1n) is 4.92. The standard InChI is InChI=1S/C12H7BrCl2O2S/c13-7-1-2-8(14)10(5-7)17-6-9(16)11-3-4-12(15)18-11/h1-5H,6H2. The molecule has 0 saturated carbocycles. The molecule has 18 heavy (non-hydrogen) atoms. The molecule has 1 aromatic carbocycles. The third-order valence-electron chi connectivity index (χ3n) is 2.10. The van der Waals surface area contributed by atoms with Gasteiger partial charge in [0.15, 0.2) is 6.61 Å². The monoisotopic (exact) mass is 364 g/mol. The molecule has 0 fully saturated rings. The molecule has 0 aliphatic heterocycles. The van der Waals surface area contributed by atoms with Crippen molar-refractivity contribution in [3.63, 3.8) is 0 Å². The van der Waals surface area contributed by atoms with Gasteiger partial charge in [-0.1, -0.05) is 39.1 Å². The fourth-order valence-corrected chi connectivity index (χ4v) is 2.75. The number of halogens is 3. The van der Waals surface area contributed by atoms with Gasteiger partial charge in [-0.05, 0) is 30.3 Å². The lowest BCUT2D eigenvalue weighted by Gasteiger charge is -2.06. The second-order valence-corrected chi connectivity index (χ2v) is 6.43. The molecule has 0 N–H and O–H groups in total. The Balaban J connectivity index is 2.03. The van der Waals surface area contributed by atoms with Gasteiger partial charge in [-0.2, -0.15) is 0 Å². The van der Waals surface area contributed by atoms with E-state index in [0.717, 1.165) is 4.47 Å². The lowest BCUT2D eigenvalue weighted by Crippen LogP contribution is -2.10. The SMILES string of the molecule is O=C(COc1cc(Br)ccc1Cl)c1ccc(Cl)s1. The van der Waals surface area contributed by atoms with E-state index in [1.807, 2.05) is 0 Å². The summed E-state index contributed by atoms with van der Waals surface area (Å²) in [6.45, 7) is -0.0625. The number of carbonyl (C=O) groups is 1. The predicted molar refractivity (Wildman–Crippen MR) is 78.3 cm³/mol. The van der Waals surface area contributed by atoms with Crippen LogP contribution in [0.15, 0.2) is 34.8 Å². The van der Waals surface area contributed by atoms with Crippen LogP contribution in [0.5, 0.6) is 5.75 Å². The van der Waals surface area contributed by atoms with Gasteiger partial charge in [0.05, 0.1) is 14.2 Å². The van der Waals surface area contributed by atoms with Crippen LogP contribution in [0, 0.1) is 0 Å². The minimum atomic E-state index is -0.122. The van der Waals surface area contributed by atoms with E-state index in [-0.39, 0.29) is 12.4 Å². The maximum atomic E-state index is 11.8. The van der Waals surface area contributed by atoms with Gasteiger partial charge in [0.1, 0.15) is 5.75 Å². The zero-order valence-electron chi connectivity index (χ0n) is 8.95. The highest BCUT2D eigenvalue weighted by Crippen LogP contribution is 2.28.